The fourth-order valence-electron chi connectivity index (χ4n) is 2.12. The number of benzene rings is 2. The molecule has 0 saturated carbocycles. The van der Waals surface area contributed by atoms with Crippen LogP contribution in [0.25, 0.3) is 10.2 Å². The molecule has 0 aliphatic rings. The van der Waals surface area contributed by atoms with Crippen molar-refractivity contribution >= 4 is 33.1 Å². The topological polar surface area (TPSA) is 90.1 Å². The summed E-state index contributed by atoms with van der Waals surface area (Å²) in [7, 11) is 0. The molecule has 0 spiro atoms. The minimum Gasteiger partial charge on any atom is -0.410 e. The third-order valence-electron chi connectivity index (χ3n) is 3.25. The van der Waals surface area contributed by atoms with Crippen molar-refractivity contribution in [3.05, 3.63) is 59.9 Å². The summed E-state index contributed by atoms with van der Waals surface area (Å²) >= 11 is 1.56. The summed E-state index contributed by atoms with van der Waals surface area (Å²) in [5.41, 5.74) is 3.84. The molecule has 0 unspecified atom stereocenters. The van der Waals surface area contributed by atoms with E-state index in [2.05, 4.69) is 20.5 Å². The molecule has 0 bridgehead atoms. The van der Waals surface area contributed by atoms with Crippen LogP contribution in [0.4, 0.5) is 5.69 Å². The number of amides is 1. The Kier molecular flexibility index (Phi) is 3.64. The van der Waals surface area contributed by atoms with Crippen LogP contribution in [0.15, 0.2) is 58.8 Å². The third-order valence-corrected chi connectivity index (χ3v) is 4.06. The number of nitrogens with zero attached hydrogens (tertiary/aromatic N) is 3. The van der Waals surface area contributed by atoms with Gasteiger partial charge < -0.3 is 14.5 Å². The van der Waals surface area contributed by atoms with Crippen molar-refractivity contribution in [2.24, 2.45) is 0 Å². The highest BCUT2D eigenvalue weighted by molar-refractivity contribution is 7.16. The molecule has 0 aliphatic heterocycles. The molecule has 0 fully saturated rings. The zero-order valence-corrected chi connectivity index (χ0v) is 13.0. The van der Waals surface area contributed by atoms with Crippen molar-refractivity contribution in [3.8, 4) is 11.8 Å². The number of anilines is 1. The maximum Gasteiger partial charge on any atom is 0.420 e. The van der Waals surface area contributed by atoms with Crippen LogP contribution in [0.1, 0.15) is 10.4 Å². The van der Waals surface area contributed by atoms with E-state index in [1.165, 1.54) is 6.39 Å². The van der Waals surface area contributed by atoms with E-state index >= 15 is 0 Å². The Bertz CT molecular complexity index is 980. The molecular formula is C16H10N4O3S. The Morgan fingerprint density at radius 2 is 2.04 bits per heavy atom. The number of thiazole rings is 1. The molecule has 0 aliphatic carbocycles. The predicted octanol–water partition coefficient (Wildman–Crippen LogP) is 3.72. The van der Waals surface area contributed by atoms with Crippen LogP contribution in [-0.4, -0.2) is 21.1 Å². The zero-order valence-electron chi connectivity index (χ0n) is 12.2. The average Bonchev–Trinajstić information content (AvgIpc) is 3.26. The molecule has 4 rings (SSSR count). The summed E-state index contributed by atoms with van der Waals surface area (Å²) < 4.78 is 11.3. The fourth-order valence-corrected chi connectivity index (χ4v) is 2.78. The van der Waals surface area contributed by atoms with E-state index in [0.717, 1.165) is 10.2 Å². The van der Waals surface area contributed by atoms with E-state index in [9.17, 15) is 4.79 Å². The Morgan fingerprint density at radius 3 is 2.83 bits per heavy atom. The van der Waals surface area contributed by atoms with Crippen molar-refractivity contribution in [3.63, 3.8) is 0 Å². The monoisotopic (exact) mass is 338 g/mol. The molecule has 1 N–H and O–H groups in total. The molecule has 24 heavy (non-hydrogen) atoms. The lowest BCUT2D eigenvalue weighted by molar-refractivity contribution is 0.102. The summed E-state index contributed by atoms with van der Waals surface area (Å²) in [6.07, 6.45) is 1.22. The first kappa shape index (κ1) is 14.3. The van der Waals surface area contributed by atoms with Gasteiger partial charge in [-0.25, -0.2) is 4.98 Å². The van der Waals surface area contributed by atoms with Gasteiger partial charge in [-0.2, -0.15) is 0 Å². The zero-order chi connectivity index (χ0) is 16.4. The Balaban J connectivity index is 1.47. The molecule has 0 saturated heterocycles. The number of ether oxygens (including phenoxy) is 1. The van der Waals surface area contributed by atoms with Crippen LogP contribution in [0.5, 0.6) is 11.8 Å². The van der Waals surface area contributed by atoms with Gasteiger partial charge in [-0.1, -0.05) is 5.10 Å². The highest BCUT2D eigenvalue weighted by Gasteiger charge is 2.08. The van der Waals surface area contributed by atoms with E-state index in [0.29, 0.717) is 17.0 Å². The van der Waals surface area contributed by atoms with Crippen LogP contribution in [0, 0.1) is 0 Å². The van der Waals surface area contributed by atoms with E-state index < -0.39 is 0 Å². The Morgan fingerprint density at radius 1 is 1.17 bits per heavy atom. The number of fused-ring (bicyclic) bond motifs is 1. The summed E-state index contributed by atoms with van der Waals surface area (Å²) in [5, 5.41) is 9.99. The number of hydrogen-bond donors (Lipinski definition) is 1. The Hall–Kier alpha value is -3.26. The van der Waals surface area contributed by atoms with Gasteiger partial charge in [-0.05, 0) is 42.5 Å². The van der Waals surface area contributed by atoms with Crippen LogP contribution in [0.2, 0.25) is 0 Å². The maximum atomic E-state index is 12.3. The van der Waals surface area contributed by atoms with Gasteiger partial charge in [-0.15, -0.1) is 16.4 Å². The maximum absolute atomic E-state index is 12.3. The number of hydrogen-bond acceptors (Lipinski definition) is 7. The summed E-state index contributed by atoms with van der Waals surface area (Å²) in [4.78, 5) is 16.5. The van der Waals surface area contributed by atoms with E-state index in [4.69, 9.17) is 9.15 Å². The van der Waals surface area contributed by atoms with Gasteiger partial charge in [0.1, 0.15) is 5.75 Å². The second-order valence-electron chi connectivity index (χ2n) is 4.82. The van der Waals surface area contributed by atoms with Crippen LogP contribution < -0.4 is 10.1 Å². The molecule has 0 radical (unpaired) electrons. The highest BCUT2D eigenvalue weighted by Crippen LogP contribution is 2.23. The summed E-state index contributed by atoms with van der Waals surface area (Å²) in [6, 6.07) is 12.3. The molecule has 0 atom stereocenters. The molecule has 4 aromatic rings. The Labute approximate surface area is 139 Å². The molecule has 2 heterocycles. The van der Waals surface area contributed by atoms with Crippen molar-refractivity contribution in [2.45, 2.75) is 0 Å². The first-order valence-electron chi connectivity index (χ1n) is 6.97. The largest absolute Gasteiger partial charge is 0.420 e. The minimum atomic E-state index is -0.214. The first-order valence-corrected chi connectivity index (χ1v) is 7.84. The predicted molar refractivity (Wildman–Crippen MR) is 88.4 cm³/mol. The number of carbonyl (C=O) groups is 1. The molecule has 118 valence electrons. The minimum absolute atomic E-state index is 0.0452. The first-order chi connectivity index (χ1) is 11.8. The number of nitrogens with one attached hydrogen (secondary N) is 1. The highest BCUT2D eigenvalue weighted by atomic mass is 32.1. The van der Waals surface area contributed by atoms with Gasteiger partial charge in [0.15, 0.2) is 0 Å². The number of rotatable bonds is 4. The lowest BCUT2D eigenvalue weighted by atomic mass is 10.2. The molecule has 7 nitrogen and oxygen atoms in total. The van der Waals surface area contributed by atoms with Crippen molar-refractivity contribution in [1.29, 1.82) is 0 Å². The van der Waals surface area contributed by atoms with Crippen LogP contribution in [0.3, 0.4) is 0 Å². The van der Waals surface area contributed by atoms with Crippen LogP contribution in [-0.2, 0) is 0 Å². The lowest BCUT2D eigenvalue weighted by Gasteiger charge is -2.06. The number of aromatic nitrogens is 3. The average molecular weight is 338 g/mol. The normalized spacial score (nSPS) is 10.7. The van der Waals surface area contributed by atoms with E-state index in [1.807, 2.05) is 18.2 Å². The smallest absolute Gasteiger partial charge is 0.410 e. The molecule has 8 heteroatoms. The summed E-state index contributed by atoms with van der Waals surface area (Å²) in [6.45, 7) is 0. The van der Waals surface area contributed by atoms with E-state index in [-0.39, 0.29) is 12.0 Å². The molecule has 1 amide bonds. The van der Waals surface area contributed by atoms with Crippen molar-refractivity contribution in [2.75, 3.05) is 5.32 Å². The van der Waals surface area contributed by atoms with Gasteiger partial charge in [0.25, 0.3) is 5.91 Å². The van der Waals surface area contributed by atoms with Gasteiger partial charge in [0.2, 0.25) is 6.39 Å². The summed E-state index contributed by atoms with van der Waals surface area (Å²) in [5.74, 6) is 0.286. The van der Waals surface area contributed by atoms with Crippen molar-refractivity contribution in [1.82, 2.24) is 15.2 Å². The molecular weight excluding hydrogens is 328 g/mol. The van der Waals surface area contributed by atoms with Gasteiger partial charge in [0, 0.05) is 11.3 Å². The third kappa shape index (κ3) is 2.95. The standard InChI is InChI=1S/C16H10N4O3S/c21-15(19-11-3-6-14-13(7-11)17-9-24-14)10-1-4-12(5-2-10)23-16-20-18-8-22-16/h1-9H,(H,19,21). The molecule has 2 aromatic heterocycles. The van der Waals surface area contributed by atoms with Crippen molar-refractivity contribution < 1.29 is 13.9 Å². The van der Waals surface area contributed by atoms with E-state index in [1.54, 1.807) is 41.1 Å². The SMILES string of the molecule is O=C(Nc1ccc2scnc2c1)c1ccc(Oc2nnco2)cc1. The number of carbonyl (C=O) groups excluding carboxylic acids is 1. The van der Waals surface area contributed by atoms with Gasteiger partial charge in [-0.3, -0.25) is 4.79 Å². The second kappa shape index (κ2) is 6.09. The van der Waals surface area contributed by atoms with Crippen LogP contribution >= 0.6 is 11.3 Å². The van der Waals surface area contributed by atoms with Gasteiger partial charge >= 0.3 is 6.08 Å². The fraction of sp³-hybridized carbons (Fsp3) is 0. The lowest BCUT2D eigenvalue weighted by Crippen LogP contribution is -2.11. The molecule has 2 aromatic carbocycles. The quantitative estimate of drug-likeness (QED) is 0.610. The van der Waals surface area contributed by atoms with Gasteiger partial charge in [0.05, 0.1) is 15.7 Å². The second-order valence-corrected chi connectivity index (χ2v) is 5.71.